The van der Waals surface area contributed by atoms with Gasteiger partial charge < -0.3 is 15.7 Å². The first-order chi connectivity index (χ1) is 7.41. The third-order valence-electron chi connectivity index (χ3n) is 2.24. The molecule has 0 spiro atoms. The fourth-order valence-corrected chi connectivity index (χ4v) is 1.53. The van der Waals surface area contributed by atoms with Crippen LogP contribution in [0.5, 0.6) is 0 Å². The third-order valence-corrected chi connectivity index (χ3v) is 2.24. The van der Waals surface area contributed by atoms with E-state index in [4.69, 9.17) is 5.73 Å². The van der Waals surface area contributed by atoms with Crippen LogP contribution in [0.25, 0.3) is 0 Å². The second kappa shape index (κ2) is 4.94. The molecule has 0 radical (unpaired) electrons. The highest BCUT2D eigenvalue weighted by atomic mass is 19.1. The molecule has 0 aliphatic carbocycles. The van der Waals surface area contributed by atoms with Crippen LogP contribution in [0.1, 0.15) is 18.6 Å². The Hall–Kier alpha value is -1.62. The van der Waals surface area contributed by atoms with E-state index in [0.717, 1.165) is 0 Å². The van der Waals surface area contributed by atoms with Crippen molar-refractivity contribution in [2.45, 2.75) is 13.0 Å². The standard InChI is InChI=1S/C11H15FN2O2/c1-7(15)9-5-8(12)3-4-10(9)14(2)6-11(13)16/h3-5,7,15H,6H2,1-2H3,(H2,13,16)/t7-/m0/s1. The highest BCUT2D eigenvalue weighted by Crippen LogP contribution is 2.26. The average Bonchev–Trinajstić information content (AvgIpc) is 2.16. The van der Waals surface area contributed by atoms with E-state index in [1.165, 1.54) is 25.1 Å². The van der Waals surface area contributed by atoms with Crippen LogP contribution in [0, 0.1) is 5.82 Å². The number of rotatable bonds is 4. The number of primary amides is 1. The molecule has 1 amide bonds. The zero-order chi connectivity index (χ0) is 12.3. The van der Waals surface area contributed by atoms with Gasteiger partial charge in [-0.3, -0.25) is 4.79 Å². The number of halogens is 1. The molecule has 1 rings (SSSR count). The highest BCUT2D eigenvalue weighted by molar-refractivity contribution is 5.79. The number of anilines is 1. The average molecular weight is 226 g/mol. The minimum atomic E-state index is -0.805. The molecular weight excluding hydrogens is 211 g/mol. The zero-order valence-electron chi connectivity index (χ0n) is 9.27. The van der Waals surface area contributed by atoms with Crippen molar-refractivity contribution in [1.82, 2.24) is 0 Å². The summed E-state index contributed by atoms with van der Waals surface area (Å²) in [4.78, 5) is 12.3. The van der Waals surface area contributed by atoms with E-state index in [9.17, 15) is 14.3 Å². The van der Waals surface area contributed by atoms with Crippen LogP contribution in [0.15, 0.2) is 18.2 Å². The predicted molar refractivity (Wildman–Crippen MR) is 59.5 cm³/mol. The molecule has 4 nitrogen and oxygen atoms in total. The Morgan fingerprint density at radius 1 is 1.62 bits per heavy atom. The molecule has 0 bridgehead atoms. The molecule has 0 aliphatic rings. The Kier molecular flexibility index (Phi) is 3.84. The number of carbonyl (C=O) groups is 1. The van der Waals surface area contributed by atoms with Crippen molar-refractivity contribution >= 4 is 11.6 Å². The molecule has 0 heterocycles. The van der Waals surface area contributed by atoms with Crippen molar-refractivity contribution in [3.63, 3.8) is 0 Å². The summed E-state index contributed by atoms with van der Waals surface area (Å²) in [5, 5.41) is 9.50. The summed E-state index contributed by atoms with van der Waals surface area (Å²) >= 11 is 0. The molecule has 1 aromatic rings. The molecule has 88 valence electrons. The molecule has 0 saturated carbocycles. The number of likely N-dealkylation sites (N-methyl/N-ethyl adjacent to an activating group) is 1. The molecule has 0 saturated heterocycles. The van der Waals surface area contributed by atoms with Crippen LogP contribution in [-0.2, 0) is 4.79 Å². The minimum absolute atomic E-state index is 0.0192. The van der Waals surface area contributed by atoms with Gasteiger partial charge in [0.25, 0.3) is 0 Å². The molecule has 5 heteroatoms. The summed E-state index contributed by atoms with van der Waals surface area (Å²) < 4.78 is 13.0. The van der Waals surface area contributed by atoms with Crippen LogP contribution < -0.4 is 10.6 Å². The summed E-state index contributed by atoms with van der Waals surface area (Å²) in [5.41, 5.74) is 6.10. The SMILES string of the molecule is C[C@H](O)c1cc(F)ccc1N(C)CC(N)=O. The van der Waals surface area contributed by atoms with E-state index in [2.05, 4.69) is 0 Å². The van der Waals surface area contributed by atoms with Gasteiger partial charge in [0.2, 0.25) is 5.91 Å². The fraction of sp³-hybridized carbons (Fsp3) is 0.364. The first kappa shape index (κ1) is 12.4. The van der Waals surface area contributed by atoms with Crippen LogP contribution in [0.4, 0.5) is 10.1 Å². The van der Waals surface area contributed by atoms with Crippen molar-refractivity contribution in [2.24, 2.45) is 5.73 Å². The van der Waals surface area contributed by atoms with Crippen molar-refractivity contribution in [1.29, 1.82) is 0 Å². The van der Waals surface area contributed by atoms with Gasteiger partial charge in [-0.1, -0.05) is 0 Å². The molecule has 1 aromatic carbocycles. The van der Waals surface area contributed by atoms with Gasteiger partial charge in [0, 0.05) is 18.3 Å². The summed E-state index contributed by atoms with van der Waals surface area (Å²) in [6.45, 7) is 1.56. The van der Waals surface area contributed by atoms with Gasteiger partial charge in [0.05, 0.1) is 12.6 Å². The second-order valence-corrected chi connectivity index (χ2v) is 3.70. The lowest BCUT2D eigenvalue weighted by atomic mass is 10.1. The summed E-state index contributed by atoms with van der Waals surface area (Å²) in [5.74, 6) is -0.907. The lowest BCUT2D eigenvalue weighted by Crippen LogP contribution is -2.31. The monoisotopic (exact) mass is 226 g/mol. The van der Waals surface area contributed by atoms with E-state index in [1.807, 2.05) is 0 Å². The van der Waals surface area contributed by atoms with Gasteiger partial charge >= 0.3 is 0 Å². The number of hydrogen-bond acceptors (Lipinski definition) is 3. The molecule has 0 aromatic heterocycles. The summed E-state index contributed by atoms with van der Waals surface area (Å²) in [6.07, 6.45) is -0.805. The van der Waals surface area contributed by atoms with Gasteiger partial charge in [-0.15, -0.1) is 0 Å². The molecule has 0 unspecified atom stereocenters. The Labute approximate surface area is 93.5 Å². The summed E-state index contributed by atoms with van der Waals surface area (Å²) in [7, 11) is 1.66. The largest absolute Gasteiger partial charge is 0.389 e. The third kappa shape index (κ3) is 2.93. The number of carbonyl (C=O) groups excluding carboxylic acids is 1. The quantitative estimate of drug-likeness (QED) is 0.798. The summed E-state index contributed by atoms with van der Waals surface area (Å²) in [6, 6.07) is 4.04. The highest BCUT2D eigenvalue weighted by Gasteiger charge is 2.13. The number of amides is 1. The molecule has 0 aliphatic heterocycles. The fourth-order valence-electron chi connectivity index (χ4n) is 1.53. The predicted octanol–water partition coefficient (Wildman–Crippen LogP) is 0.800. The van der Waals surface area contributed by atoms with Crippen molar-refractivity contribution in [3.05, 3.63) is 29.6 Å². The number of aliphatic hydroxyl groups is 1. The number of hydrogen-bond donors (Lipinski definition) is 2. The van der Waals surface area contributed by atoms with E-state index in [-0.39, 0.29) is 6.54 Å². The van der Waals surface area contributed by atoms with Crippen molar-refractivity contribution < 1.29 is 14.3 Å². The number of nitrogens with zero attached hydrogens (tertiary/aromatic N) is 1. The maximum Gasteiger partial charge on any atom is 0.236 e. The van der Waals surface area contributed by atoms with Crippen molar-refractivity contribution in [2.75, 3.05) is 18.5 Å². The van der Waals surface area contributed by atoms with Gasteiger partial charge in [-0.2, -0.15) is 0 Å². The first-order valence-corrected chi connectivity index (χ1v) is 4.88. The minimum Gasteiger partial charge on any atom is -0.389 e. The smallest absolute Gasteiger partial charge is 0.236 e. The van der Waals surface area contributed by atoms with Gasteiger partial charge in [0.15, 0.2) is 0 Å². The number of nitrogens with two attached hydrogens (primary N) is 1. The Balaban J connectivity index is 3.07. The van der Waals surface area contributed by atoms with E-state index < -0.39 is 17.8 Å². The van der Waals surface area contributed by atoms with Crippen LogP contribution in [0.3, 0.4) is 0 Å². The molecule has 16 heavy (non-hydrogen) atoms. The lowest BCUT2D eigenvalue weighted by Gasteiger charge is -2.22. The normalized spacial score (nSPS) is 12.2. The Morgan fingerprint density at radius 2 is 2.25 bits per heavy atom. The van der Waals surface area contributed by atoms with Crippen LogP contribution in [-0.4, -0.2) is 24.6 Å². The van der Waals surface area contributed by atoms with E-state index in [0.29, 0.717) is 11.3 Å². The molecular formula is C11H15FN2O2. The zero-order valence-corrected chi connectivity index (χ0v) is 9.27. The van der Waals surface area contributed by atoms with Gasteiger partial charge in [0.1, 0.15) is 5.82 Å². The molecule has 0 fully saturated rings. The topological polar surface area (TPSA) is 66.6 Å². The maximum absolute atomic E-state index is 13.0. The molecule has 3 N–H and O–H groups in total. The molecule has 1 atom stereocenters. The first-order valence-electron chi connectivity index (χ1n) is 4.88. The van der Waals surface area contributed by atoms with Crippen LogP contribution in [0.2, 0.25) is 0 Å². The lowest BCUT2D eigenvalue weighted by molar-refractivity contribution is -0.116. The van der Waals surface area contributed by atoms with Gasteiger partial charge in [-0.05, 0) is 25.1 Å². The van der Waals surface area contributed by atoms with E-state index in [1.54, 1.807) is 11.9 Å². The van der Waals surface area contributed by atoms with E-state index >= 15 is 0 Å². The van der Waals surface area contributed by atoms with Gasteiger partial charge in [-0.25, -0.2) is 4.39 Å². The Morgan fingerprint density at radius 3 is 2.75 bits per heavy atom. The number of aliphatic hydroxyl groups excluding tert-OH is 1. The second-order valence-electron chi connectivity index (χ2n) is 3.70. The number of benzene rings is 1. The van der Waals surface area contributed by atoms with Crippen LogP contribution >= 0.6 is 0 Å². The maximum atomic E-state index is 13.0. The Bertz CT molecular complexity index is 394. The van der Waals surface area contributed by atoms with Crippen molar-refractivity contribution in [3.8, 4) is 0 Å².